The van der Waals surface area contributed by atoms with Crippen LogP contribution in [0.4, 0.5) is 8.78 Å². The van der Waals surface area contributed by atoms with Crippen molar-refractivity contribution < 1.29 is 23.0 Å². The molecule has 110 valence electrons. The van der Waals surface area contributed by atoms with E-state index in [9.17, 15) is 13.6 Å². The maximum atomic E-state index is 12.6. The van der Waals surface area contributed by atoms with E-state index in [0.29, 0.717) is 16.0 Å². The lowest BCUT2D eigenvalue weighted by Gasteiger charge is -2.35. The smallest absolute Gasteiger partial charge is 0.258 e. The summed E-state index contributed by atoms with van der Waals surface area (Å²) in [5.74, 6) is -2.00. The molecule has 0 aromatic heterocycles. The number of hydrogen-bond acceptors (Lipinski definition) is 3. The van der Waals surface area contributed by atoms with Gasteiger partial charge >= 0.3 is 0 Å². The quantitative estimate of drug-likeness (QED) is 0.889. The molecule has 1 aliphatic rings. The van der Waals surface area contributed by atoms with Crippen LogP contribution in [0.5, 0.6) is 11.5 Å². The lowest BCUT2D eigenvalue weighted by atomic mass is 9.88. The van der Waals surface area contributed by atoms with E-state index in [1.807, 2.05) is 0 Å². The highest BCUT2D eigenvalue weighted by atomic mass is 79.9. The number of hydrogen-bond donors (Lipinski definition) is 1. The fraction of sp³-hybridized carbons (Fsp3) is 0.462. The fourth-order valence-electron chi connectivity index (χ4n) is 1.90. The largest absolute Gasteiger partial charge is 0.497 e. The molecule has 20 heavy (non-hydrogen) atoms. The van der Waals surface area contributed by atoms with Crippen LogP contribution < -0.4 is 14.8 Å². The summed E-state index contributed by atoms with van der Waals surface area (Å²) in [5, 5.41) is 2.50. The molecule has 1 fully saturated rings. The van der Waals surface area contributed by atoms with Gasteiger partial charge in [0.15, 0.2) is 6.61 Å². The molecular weight excluding hydrogens is 336 g/mol. The van der Waals surface area contributed by atoms with Crippen LogP contribution in [0.1, 0.15) is 12.8 Å². The Morgan fingerprint density at radius 2 is 2.20 bits per heavy atom. The molecule has 7 heteroatoms. The van der Waals surface area contributed by atoms with Crippen molar-refractivity contribution in [2.45, 2.75) is 24.8 Å². The molecule has 1 aliphatic carbocycles. The summed E-state index contributed by atoms with van der Waals surface area (Å²) in [6.45, 7) is -0.228. The Morgan fingerprint density at radius 1 is 1.50 bits per heavy atom. The van der Waals surface area contributed by atoms with Crippen LogP contribution in [0.3, 0.4) is 0 Å². The molecule has 0 saturated heterocycles. The number of benzene rings is 1. The van der Waals surface area contributed by atoms with Gasteiger partial charge in [-0.2, -0.15) is 0 Å². The van der Waals surface area contributed by atoms with Crippen LogP contribution in [0, 0.1) is 0 Å². The van der Waals surface area contributed by atoms with Crippen molar-refractivity contribution in [3.63, 3.8) is 0 Å². The Bertz CT molecular complexity index is 502. The monoisotopic (exact) mass is 349 g/mol. The zero-order valence-electron chi connectivity index (χ0n) is 10.8. The number of amides is 1. The van der Waals surface area contributed by atoms with Crippen molar-refractivity contribution >= 4 is 21.8 Å². The SMILES string of the molecule is COc1ccc(Br)c(OCC(=O)NC2CC(F)(F)C2)c1. The molecular formula is C13H14BrF2NO3. The number of methoxy groups -OCH3 is 1. The second kappa shape index (κ2) is 5.95. The molecule has 1 N–H and O–H groups in total. The second-order valence-electron chi connectivity index (χ2n) is 4.61. The van der Waals surface area contributed by atoms with E-state index < -0.39 is 17.9 Å². The second-order valence-corrected chi connectivity index (χ2v) is 5.47. The van der Waals surface area contributed by atoms with Crippen LogP contribution in [0.15, 0.2) is 22.7 Å². The molecule has 2 rings (SSSR count). The van der Waals surface area contributed by atoms with Crippen LogP contribution in [0.25, 0.3) is 0 Å². The van der Waals surface area contributed by atoms with Crippen molar-refractivity contribution in [3.05, 3.63) is 22.7 Å². The normalized spacial score (nSPS) is 17.2. The van der Waals surface area contributed by atoms with Crippen LogP contribution in [0.2, 0.25) is 0 Å². The molecule has 4 nitrogen and oxygen atoms in total. The van der Waals surface area contributed by atoms with Crippen molar-refractivity contribution in [1.29, 1.82) is 0 Å². The van der Waals surface area contributed by atoms with Gasteiger partial charge in [0.1, 0.15) is 11.5 Å². The van der Waals surface area contributed by atoms with Gasteiger partial charge in [0.2, 0.25) is 0 Å². The molecule has 1 aromatic rings. The first-order valence-corrected chi connectivity index (χ1v) is 6.82. The van der Waals surface area contributed by atoms with Crippen LogP contribution >= 0.6 is 15.9 Å². The number of nitrogens with one attached hydrogen (secondary N) is 1. The number of carbonyl (C=O) groups is 1. The molecule has 0 bridgehead atoms. The predicted molar refractivity (Wildman–Crippen MR) is 72.3 cm³/mol. The van der Waals surface area contributed by atoms with Gasteiger partial charge in [0.05, 0.1) is 11.6 Å². The third-order valence-electron chi connectivity index (χ3n) is 2.95. The van der Waals surface area contributed by atoms with Gasteiger partial charge in [-0.15, -0.1) is 0 Å². The van der Waals surface area contributed by atoms with Crippen molar-refractivity contribution in [2.24, 2.45) is 0 Å². The number of rotatable bonds is 5. The first kappa shape index (κ1) is 15.0. The summed E-state index contributed by atoms with van der Waals surface area (Å²) in [7, 11) is 1.52. The molecule has 1 saturated carbocycles. The van der Waals surface area contributed by atoms with Gasteiger partial charge in [0.25, 0.3) is 11.8 Å². The lowest BCUT2D eigenvalue weighted by molar-refractivity contribution is -0.131. The Kier molecular flexibility index (Phi) is 4.47. The maximum absolute atomic E-state index is 12.6. The number of alkyl halides is 2. The number of ether oxygens (including phenoxy) is 2. The lowest BCUT2D eigenvalue weighted by Crippen LogP contribution is -2.51. The molecule has 0 radical (unpaired) electrons. The highest BCUT2D eigenvalue weighted by Gasteiger charge is 2.45. The third-order valence-corrected chi connectivity index (χ3v) is 3.61. The van der Waals surface area contributed by atoms with Crippen molar-refractivity contribution in [3.8, 4) is 11.5 Å². The maximum Gasteiger partial charge on any atom is 0.258 e. The minimum absolute atomic E-state index is 0.228. The van der Waals surface area contributed by atoms with Gasteiger partial charge in [-0.25, -0.2) is 8.78 Å². The van der Waals surface area contributed by atoms with E-state index in [-0.39, 0.29) is 19.4 Å². The minimum atomic E-state index is -2.64. The summed E-state index contributed by atoms with van der Waals surface area (Å²) in [5.41, 5.74) is 0. The topological polar surface area (TPSA) is 47.6 Å². The standard InChI is InChI=1S/C13H14BrF2NO3/c1-19-9-2-3-10(14)11(4-9)20-7-12(18)17-8-5-13(15,16)6-8/h2-4,8H,5-7H2,1H3,(H,17,18). The molecule has 0 atom stereocenters. The third kappa shape index (κ3) is 3.82. The van der Waals surface area contributed by atoms with Gasteiger partial charge in [0, 0.05) is 24.9 Å². The van der Waals surface area contributed by atoms with Crippen LogP contribution in [-0.4, -0.2) is 31.6 Å². The Balaban J connectivity index is 1.81. The summed E-state index contributed by atoms with van der Waals surface area (Å²) >= 11 is 3.29. The Labute approximate surface area is 123 Å². The van der Waals surface area contributed by atoms with E-state index in [2.05, 4.69) is 21.2 Å². The van der Waals surface area contributed by atoms with E-state index in [1.54, 1.807) is 18.2 Å². The first-order valence-electron chi connectivity index (χ1n) is 6.03. The van der Waals surface area contributed by atoms with Gasteiger partial charge in [-0.05, 0) is 28.1 Å². The highest BCUT2D eigenvalue weighted by Crippen LogP contribution is 2.37. The van der Waals surface area contributed by atoms with E-state index >= 15 is 0 Å². The zero-order chi connectivity index (χ0) is 14.8. The Hall–Kier alpha value is -1.37. The summed E-state index contributed by atoms with van der Waals surface area (Å²) in [6, 6.07) is 4.65. The highest BCUT2D eigenvalue weighted by molar-refractivity contribution is 9.10. The molecule has 0 aliphatic heterocycles. The van der Waals surface area contributed by atoms with Crippen molar-refractivity contribution in [1.82, 2.24) is 5.32 Å². The summed E-state index contributed by atoms with van der Waals surface area (Å²) in [6.07, 6.45) is -0.608. The Morgan fingerprint density at radius 3 is 2.80 bits per heavy atom. The molecule has 0 spiro atoms. The first-order chi connectivity index (χ1) is 9.39. The molecule has 0 unspecified atom stereocenters. The predicted octanol–water partition coefficient (Wildman–Crippen LogP) is 2.75. The van der Waals surface area contributed by atoms with Crippen LogP contribution in [-0.2, 0) is 4.79 Å². The van der Waals surface area contributed by atoms with Gasteiger partial charge < -0.3 is 14.8 Å². The minimum Gasteiger partial charge on any atom is -0.497 e. The molecule has 0 heterocycles. The van der Waals surface area contributed by atoms with Gasteiger partial charge in [-0.3, -0.25) is 4.79 Å². The average molecular weight is 350 g/mol. The molecule has 1 amide bonds. The van der Waals surface area contributed by atoms with E-state index in [1.165, 1.54) is 7.11 Å². The average Bonchev–Trinajstić information content (AvgIpc) is 2.35. The fourth-order valence-corrected chi connectivity index (χ4v) is 2.26. The number of carbonyl (C=O) groups excluding carboxylic acids is 1. The van der Waals surface area contributed by atoms with E-state index in [4.69, 9.17) is 9.47 Å². The van der Waals surface area contributed by atoms with Gasteiger partial charge in [-0.1, -0.05) is 0 Å². The molecule has 1 aromatic carbocycles. The zero-order valence-corrected chi connectivity index (χ0v) is 12.4. The van der Waals surface area contributed by atoms with Crippen molar-refractivity contribution in [2.75, 3.05) is 13.7 Å². The van der Waals surface area contributed by atoms with E-state index in [0.717, 1.165) is 0 Å². The summed E-state index contributed by atoms with van der Waals surface area (Å²) < 4.78 is 36.3. The summed E-state index contributed by atoms with van der Waals surface area (Å²) in [4.78, 5) is 11.6. The number of halogens is 3.